The zero-order chi connectivity index (χ0) is 28.6. The summed E-state index contributed by atoms with van der Waals surface area (Å²) in [7, 11) is 1.72. The van der Waals surface area contributed by atoms with E-state index in [2.05, 4.69) is 15.3 Å². The van der Waals surface area contributed by atoms with E-state index < -0.39 is 11.7 Å². The molecule has 7 nitrogen and oxygen atoms in total. The van der Waals surface area contributed by atoms with Crippen LogP contribution in [0.3, 0.4) is 0 Å². The van der Waals surface area contributed by atoms with Crippen molar-refractivity contribution < 1.29 is 27.9 Å². The average molecular weight is 561 g/mol. The number of alkyl halides is 3. The second kappa shape index (κ2) is 17.3. The minimum Gasteiger partial charge on any atom is -0.397 e. The van der Waals surface area contributed by atoms with Crippen LogP contribution < -0.4 is 10.2 Å². The predicted molar refractivity (Wildman–Crippen MR) is 141 cm³/mol. The van der Waals surface area contributed by atoms with E-state index in [0.717, 1.165) is 6.07 Å². The van der Waals surface area contributed by atoms with Crippen LogP contribution in [0.4, 0.5) is 24.7 Å². The fraction of sp³-hybridized carbons (Fsp3) is 0.280. The molecule has 0 saturated heterocycles. The number of rotatable bonds is 4. The van der Waals surface area contributed by atoms with Crippen molar-refractivity contribution in [3.05, 3.63) is 81.7 Å². The van der Waals surface area contributed by atoms with Crippen molar-refractivity contribution in [1.82, 2.24) is 9.97 Å². The minimum atomic E-state index is -4.36. The molecule has 12 heteroatoms. The Morgan fingerprint density at radius 1 is 1.11 bits per heavy atom. The van der Waals surface area contributed by atoms with Gasteiger partial charge in [0.25, 0.3) is 5.91 Å². The molecule has 2 N–H and O–H groups in total. The summed E-state index contributed by atoms with van der Waals surface area (Å²) in [6, 6.07) is 10.9. The van der Waals surface area contributed by atoms with Crippen LogP contribution in [-0.2, 0) is 11.0 Å². The number of hydrogen-bond donors (Lipinski definition) is 2. The number of carbonyl (C=O) groups is 2. The molecule has 0 fully saturated rings. The number of halogens is 5. The number of nitrogens with one attached hydrogen (secondary N) is 1. The first-order valence-electron chi connectivity index (χ1n) is 10.8. The summed E-state index contributed by atoms with van der Waals surface area (Å²) in [5, 5.41) is 10.7. The third kappa shape index (κ3) is 11.2. The maximum Gasteiger partial charge on any atom is 0.417 e. The molecule has 2 heterocycles. The highest BCUT2D eigenvalue weighted by molar-refractivity contribution is 6.31. The predicted octanol–water partition coefficient (Wildman–Crippen LogP) is 6.32. The third-order valence-corrected chi connectivity index (χ3v) is 4.78. The van der Waals surface area contributed by atoms with Gasteiger partial charge in [0.2, 0.25) is 0 Å². The summed E-state index contributed by atoms with van der Waals surface area (Å²) in [6.45, 7) is 7.91. The zero-order valence-corrected chi connectivity index (χ0v) is 22.3. The number of aromatic nitrogens is 2. The van der Waals surface area contributed by atoms with Crippen LogP contribution in [0.25, 0.3) is 0 Å². The second-order valence-electron chi connectivity index (χ2n) is 6.83. The number of amides is 1. The quantitative estimate of drug-likeness (QED) is 0.387. The van der Waals surface area contributed by atoms with Gasteiger partial charge in [-0.3, -0.25) is 9.69 Å². The monoisotopic (exact) mass is 560 g/mol. The smallest absolute Gasteiger partial charge is 0.397 e. The fourth-order valence-corrected chi connectivity index (χ4v) is 3.09. The van der Waals surface area contributed by atoms with E-state index in [1.807, 2.05) is 19.8 Å². The van der Waals surface area contributed by atoms with Gasteiger partial charge in [0.1, 0.15) is 12.6 Å². The molecule has 0 aliphatic heterocycles. The van der Waals surface area contributed by atoms with Gasteiger partial charge in [-0.25, -0.2) is 9.97 Å². The van der Waals surface area contributed by atoms with Crippen molar-refractivity contribution in [1.29, 1.82) is 0 Å². The minimum absolute atomic E-state index is 0.216. The first-order chi connectivity index (χ1) is 17.5. The number of carbonyl (C=O) groups excluding carboxylic acids is 2. The molecule has 0 atom stereocenters. The molecule has 0 unspecified atom stereocenters. The summed E-state index contributed by atoms with van der Waals surface area (Å²) in [5.74, 6) is 0.381. The zero-order valence-electron chi connectivity index (χ0n) is 20.8. The summed E-state index contributed by atoms with van der Waals surface area (Å²) < 4.78 is 36.4. The van der Waals surface area contributed by atoms with Gasteiger partial charge < -0.3 is 15.2 Å². The third-order valence-electron chi connectivity index (χ3n) is 4.24. The summed E-state index contributed by atoms with van der Waals surface area (Å²) in [4.78, 5) is 30.5. The van der Waals surface area contributed by atoms with Crippen molar-refractivity contribution in [2.75, 3.05) is 30.4 Å². The summed E-state index contributed by atoms with van der Waals surface area (Å²) in [5.41, 5.74) is 0.692. The normalized spacial score (nSPS) is 9.89. The van der Waals surface area contributed by atoms with Crippen LogP contribution in [0.1, 0.15) is 35.5 Å². The number of aliphatic hydroxyl groups excluding tert-OH is 1. The van der Waals surface area contributed by atoms with Gasteiger partial charge in [0.05, 0.1) is 21.3 Å². The number of hydrogen-bond acceptors (Lipinski definition) is 6. The summed E-state index contributed by atoms with van der Waals surface area (Å²) in [6.07, 6.45) is -1.25. The van der Waals surface area contributed by atoms with E-state index in [0.29, 0.717) is 34.3 Å². The Hall–Kier alpha value is -3.21. The number of pyridine rings is 2. The van der Waals surface area contributed by atoms with Crippen molar-refractivity contribution in [2.24, 2.45) is 0 Å². The summed E-state index contributed by atoms with van der Waals surface area (Å²) >= 11 is 11.3. The molecular weight excluding hydrogens is 532 g/mol. The van der Waals surface area contributed by atoms with Crippen molar-refractivity contribution in [3.8, 4) is 0 Å². The average Bonchev–Trinajstić information content (AvgIpc) is 2.88. The van der Waals surface area contributed by atoms with Gasteiger partial charge in [-0.1, -0.05) is 40.9 Å². The van der Waals surface area contributed by atoms with Gasteiger partial charge in [0.15, 0.2) is 5.69 Å². The molecule has 0 aliphatic rings. The van der Waals surface area contributed by atoms with Crippen LogP contribution in [0, 0.1) is 6.92 Å². The van der Waals surface area contributed by atoms with Crippen molar-refractivity contribution in [3.63, 3.8) is 0 Å². The largest absolute Gasteiger partial charge is 0.417 e. The maximum absolute atomic E-state index is 12.6. The van der Waals surface area contributed by atoms with Crippen LogP contribution in [0.5, 0.6) is 0 Å². The molecule has 0 bridgehead atoms. The molecule has 2 aromatic heterocycles. The molecular formula is C25H29Cl2F3N4O3. The maximum atomic E-state index is 12.6. The van der Waals surface area contributed by atoms with Crippen molar-refractivity contribution >= 4 is 47.4 Å². The highest BCUT2D eigenvalue weighted by atomic mass is 35.5. The Kier molecular flexibility index (Phi) is 15.8. The topological polar surface area (TPSA) is 95.4 Å². The molecule has 0 saturated carbocycles. The molecule has 202 valence electrons. The Morgan fingerprint density at radius 3 is 2.19 bits per heavy atom. The molecule has 1 amide bonds. The molecule has 37 heavy (non-hydrogen) atoms. The van der Waals surface area contributed by atoms with Gasteiger partial charge in [-0.15, -0.1) is 0 Å². The van der Waals surface area contributed by atoms with E-state index in [4.69, 9.17) is 33.1 Å². The lowest BCUT2D eigenvalue weighted by Gasteiger charge is -2.20. The number of aliphatic hydroxyl groups is 1. The van der Waals surface area contributed by atoms with Gasteiger partial charge >= 0.3 is 6.18 Å². The van der Waals surface area contributed by atoms with Gasteiger partial charge in [-0.2, -0.15) is 13.2 Å². The Balaban J connectivity index is 0.000000649. The SMILES string of the molecule is C=O.CCN(C(=O)c1ncc(Cl)cc1NC)c1ccccn1.CCO.Cc1ccc(Cl)c(C(F)(F)F)c1. The van der Waals surface area contributed by atoms with Crippen LogP contribution in [-0.4, -0.2) is 48.0 Å². The number of benzene rings is 1. The van der Waals surface area contributed by atoms with Gasteiger partial charge in [-0.05, 0) is 51.1 Å². The first-order valence-corrected chi connectivity index (χ1v) is 11.5. The standard InChI is InChI=1S/C14H15ClN4O.C8H6ClF3.C2H6O.CH2O/c1-3-19(12-6-4-5-7-17-12)14(20)13-11(16-2)8-10(15)9-18-13;1-5-2-3-7(9)6(4-5)8(10,11)12;1-2-3;1-2/h4-9,16H,3H2,1-2H3;2-4H,1H3;3H,2H2,1H3;1H2. The van der Waals surface area contributed by atoms with Crippen molar-refractivity contribution in [2.45, 2.75) is 26.9 Å². The van der Waals surface area contributed by atoms with E-state index >= 15 is 0 Å². The Labute approximate surface area is 224 Å². The van der Waals surface area contributed by atoms with E-state index in [-0.39, 0.29) is 17.5 Å². The molecule has 0 aliphatic carbocycles. The van der Waals surface area contributed by atoms with E-state index in [9.17, 15) is 18.0 Å². The number of anilines is 2. The van der Waals surface area contributed by atoms with Crippen LogP contribution in [0.2, 0.25) is 10.0 Å². The molecule has 3 aromatic rings. The molecule has 0 spiro atoms. The van der Waals surface area contributed by atoms with E-state index in [1.165, 1.54) is 18.3 Å². The molecule has 1 aromatic carbocycles. The van der Waals surface area contributed by atoms with E-state index in [1.54, 1.807) is 50.2 Å². The lowest BCUT2D eigenvalue weighted by Crippen LogP contribution is -2.32. The number of nitrogens with zero attached hydrogens (tertiary/aromatic N) is 3. The number of aryl methyl sites for hydroxylation is 1. The Morgan fingerprint density at radius 2 is 1.73 bits per heavy atom. The molecule has 0 radical (unpaired) electrons. The first kappa shape index (κ1) is 33.8. The second-order valence-corrected chi connectivity index (χ2v) is 7.68. The lowest BCUT2D eigenvalue weighted by molar-refractivity contribution is -0.137. The fourth-order valence-electron chi connectivity index (χ4n) is 2.71. The highest BCUT2D eigenvalue weighted by Gasteiger charge is 2.32. The lowest BCUT2D eigenvalue weighted by atomic mass is 10.1. The van der Waals surface area contributed by atoms with Crippen LogP contribution in [0.15, 0.2) is 54.9 Å². The van der Waals surface area contributed by atoms with Crippen LogP contribution >= 0.6 is 23.2 Å². The van der Waals surface area contributed by atoms with Gasteiger partial charge in [0, 0.05) is 32.6 Å². The Bertz CT molecular complexity index is 1100. The molecule has 3 rings (SSSR count). The highest BCUT2D eigenvalue weighted by Crippen LogP contribution is 2.34.